The Morgan fingerprint density at radius 1 is 1.62 bits per heavy atom. The van der Waals surface area contributed by atoms with Gasteiger partial charge in [0.1, 0.15) is 0 Å². The Kier molecular flexibility index (Phi) is 21.3. The van der Waals surface area contributed by atoms with Gasteiger partial charge in [0.05, 0.1) is 6.61 Å². The van der Waals surface area contributed by atoms with E-state index < -0.39 is 0 Å². The van der Waals surface area contributed by atoms with E-state index in [2.05, 4.69) is 6.58 Å². The number of hydrogen-bond donors (Lipinski definition) is 1. The summed E-state index contributed by atoms with van der Waals surface area (Å²) in [4.78, 5) is 0. The van der Waals surface area contributed by atoms with Crippen molar-refractivity contribution in [3.63, 3.8) is 0 Å². The van der Waals surface area contributed by atoms with Crippen molar-refractivity contribution in [2.45, 2.75) is 13.3 Å². The third kappa shape index (κ3) is 9.90. The second-order valence-corrected chi connectivity index (χ2v) is 1.26. The molecule has 0 aromatic rings. The second-order valence-electron chi connectivity index (χ2n) is 1.26. The van der Waals surface area contributed by atoms with Crippen LogP contribution in [0.2, 0.25) is 0 Å². The number of aliphatic hydroxyl groups excluding tert-OH is 1. The predicted molar refractivity (Wildman–Crippen MR) is 37.9 cm³/mol. The van der Waals surface area contributed by atoms with Gasteiger partial charge in [0, 0.05) is 0 Å². The Morgan fingerprint density at radius 2 is 2.00 bits per heavy atom. The summed E-state index contributed by atoms with van der Waals surface area (Å²) in [7, 11) is 0. The minimum Gasteiger partial charge on any atom is -0.392 e. The fourth-order valence-corrected chi connectivity index (χ4v) is 0.112. The van der Waals surface area contributed by atoms with Gasteiger partial charge < -0.3 is 5.11 Å². The zero-order valence-corrected chi connectivity index (χ0v) is 7.07. The van der Waals surface area contributed by atoms with Gasteiger partial charge >= 0.3 is 29.6 Å². The average molecular weight is 124 g/mol. The first-order chi connectivity index (χ1) is 2.81. The standard InChI is InChI=1S/C5H10O.BH4.Na/c1-3-5(2)4-6;;/h6H,2-4H2,1H3;1H4;/q;-1;+1. The summed E-state index contributed by atoms with van der Waals surface area (Å²) in [5, 5.41) is 8.24. The Morgan fingerprint density at radius 3 is 2.00 bits per heavy atom. The van der Waals surface area contributed by atoms with Crippen LogP contribution >= 0.6 is 0 Å². The zero-order valence-electron chi connectivity index (χ0n) is 5.07. The van der Waals surface area contributed by atoms with Crippen LogP contribution in [0.1, 0.15) is 13.3 Å². The molecule has 0 aliphatic carbocycles. The first-order valence-electron chi connectivity index (χ1n) is 2.08. The van der Waals surface area contributed by atoms with Gasteiger partial charge in [-0.25, -0.2) is 0 Å². The first kappa shape index (κ1) is 15.9. The molecular formula is C5H14BNaO. The molecule has 0 aromatic heterocycles. The van der Waals surface area contributed by atoms with Crippen LogP contribution in [0.25, 0.3) is 0 Å². The molecule has 44 valence electrons. The molecule has 0 bridgehead atoms. The molecule has 0 aromatic carbocycles. The van der Waals surface area contributed by atoms with Gasteiger partial charge in [0.2, 0.25) is 0 Å². The Balaban J connectivity index is -0.000000125. The maximum atomic E-state index is 8.24. The molecule has 0 atom stereocenters. The quantitative estimate of drug-likeness (QED) is 0.299. The van der Waals surface area contributed by atoms with Crippen LogP contribution in [-0.4, -0.2) is 20.1 Å². The van der Waals surface area contributed by atoms with E-state index in [4.69, 9.17) is 5.11 Å². The van der Waals surface area contributed by atoms with Gasteiger partial charge in [-0.3, -0.25) is 0 Å². The molecule has 0 rings (SSSR count). The molecule has 0 saturated heterocycles. The molecule has 1 N–H and O–H groups in total. The van der Waals surface area contributed by atoms with Gasteiger partial charge in [-0.2, -0.15) is 0 Å². The minimum atomic E-state index is 0. The molecule has 1 nitrogen and oxygen atoms in total. The third-order valence-electron chi connectivity index (χ3n) is 0.724. The SMILES string of the molecule is C=C(CC)CO.[BH4-].[Na+]. The Bertz CT molecular complexity index is 50.4. The molecule has 3 heteroatoms. The Hall–Kier alpha value is 0.765. The summed E-state index contributed by atoms with van der Waals surface area (Å²) < 4.78 is 0. The van der Waals surface area contributed by atoms with E-state index in [1.54, 1.807) is 0 Å². The molecule has 0 amide bonds. The van der Waals surface area contributed by atoms with Crippen LogP contribution in [0.15, 0.2) is 12.2 Å². The summed E-state index contributed by atoms with van der Waals surface area (Å²) in [6.07, 6.45) is 0.885. The van der Waals surface area contributed by atoms with Crippen molar-refractivity contribution >= 4 is 8.41 Å². The number of aliphatic hydroxyl groups is 1. The molecule has 0 aliphatic heterocycles. The molecule has 0 saturated carbocycles. The van der Waals surface area contributed by atoms with Crippen LogP contribution in [0.4, 0.5) is 0 Å². The molecule has 0 spiro atoms. The maximum Gasteiger partial charge on any atom is 1.00 e. The van der Waals surface area contributed by atoms with E-state index in [0.29, 0.717) is 0 Å². The van der Waals surface area contributed by atoms with Gasteiger partial charge in [-0.1, -0.05) is 27.5 Å². The average Bonchev–Trinajstić information content (AvgIpc) is 1.65. The van der Waals surface area contributed by atoms with E-state index in [9.17, 15) is 0 Å². The van der Waals surface area contributed by atoms with Crippen molar-refractivity contribution in [1.82, 2.24) is 0 Å². The molecule has 0 heterocycles. The van der Waals surface area contributed by atoms with Crippen molar-refractivity contribution in [3.8, 4) is 0 Å². The number of hydrogen-bond acceptors (Lipinski definition) is 1. The van der Waals surface area contributed by atoms with Crippen molar-refractivity contribution in [1.29, 1.82) is 0 Å². The third-order valence-corrected chi connectivity index (χ3v) is 0.724. The maximum absolute atomic E-state index is 8.24. The molecule has 0 radical (unpaired) electrons. The summed E-state index contributed by atoms with van der Waals surface area (Å²) in [6, 6.07) is 0. The first-order valence-corrected chi connectivity index (χ1v) is 2.08. The van der Waals surface area contributed by atoms with Gasteiger partial charge in [-0.15, -0.1) is 0 Å². The smallest absolute Gasteiger partial charge is 0.392 e. The van der Waals surface area contributed by atoms with Crippen molar-refractivity contribution in [2.75, 3.05) is 6.61 Å². The molecule has 8 heavy (non-hydrogen) atoms. The van der Waals surface area contributed by atoms with Gasteiger partial charge in [-0.05, 0) is 6.42 Å². The second kappa shape index (κ2) is 10.7. The summed E-state index contributed by atoms with van der Waals surface area (Å²) in [5.41, 5.74) is 0.898. The largest absolute Gasteiger partial charge is 1.00 e. The van der Waals surface area contributed by atoms with E-state index in [0.717, 1.165) is 12.0 Å². The molecular weight excluding hydrogens is 110 g/mol. The zero-order chi connectivity index (χ0) is 4.99. The Labute approximate surface area is 75.0 Å². The van der Waals surface area contributed by atoms with Crippen molar-refractivity contribution in [3.05, 3.63) is 12.2 Å². The normalized spacial score (nSPS) is 6.25. The predicted octanol–water partition coefficient (Wildman–Crippen LogP) is -3.50. The summed E-state index contributed by atoms with van der Waals surface area (Å²) >= 11 is 0. The topological polar surface area (TPSA) is 20.2 Å². The van der Waals surface area contributed by atoms with E-state index in [-0.39, 0.29) is 44.6 Å². The van der Waals surface area contributed by atoms with Crippen molar-refractivity contribution in [2.24, 2.45) is 0 Å². The van der Waals surface area contributed by atoms with Crippen LogP contribution < -0.4 is 29.6 Å². The van der Waals surface area contributed by atoms with Crippen molar-refractivity contribution < 1.29 is 34.7 Å². The fraction of sp³-hybridized carbons (Fsp3) is 0.600. The number of rotatable bonds is 2. The van der Waals surface area contributed by atoms with Crippen LogP contribution in [0.3, 0.4) is 0 Å². The van der Waals surface area contributed by atoms with Crippen LogP contribution in [0.5, 0.6) is 0 Å². The van der Waals surface area contributed by atoms with Gasteiger partial charge in [0.25, 0.3) is 0 Å². The van der Waals surface area contributed by atoms with Gasteiger partial charge in [0.15, 0.2) is 0 Å². The van der Waals surface area contributed by atoms with Crippen LogP contribution in [0, 0.1) is 0 Å². The summed E-state index contributed by atoms with van der Waals surface area (Å²) in [6.45, 7) is 5.65. The van der Waals surface area contributed by atoms with E-state index >= 15 is 0 Å². The van der Waals surface area contributed by atoms with Crippen LogP contribution in [-0.2, 0) is 0 Å². The van der Waals surface area contributed by atoms with E-state index in [1.165, 1.54) is 0 Å². The monoisotopic (exact) mass is 124 g/mol. The molecule has 0 fully saturated rings. The van der Waals surface area contributed by atoms with E-state index in [1.807, 2.05) is 6.92 Å². The molecule has 0 aliphatic rings. The minimum absolute atomic E-state index is 0. The molecule has 0 unspecified atom stereocenters. The fourth-order valence-electron chi connectivity index (χ4n) is 0.112. The summed E-state index contributed by atoms with van der Waals surface area (Å²) in [5.74, 6) is 0.